The van der Waals surface area contributed by atoms with Crippen molar-refractivity contribution in [1.82, 2.24) is 0 Å². The fourth-order valence-electron chi connectivity index (χ4n) is 2.00. The lowest BCUT2D eigenvalue weighted by Gasteiger charge is -2.13. The highest BCUT2D eigenvalue weighted by atomic mass is 127. The topological polar surface area (TPSA) is 18.5 Å². The summed E-state index contributed by atoms with van der Waals surface area (Å²) in [7, 11) is 3.27. The second-order valence-corrected chi connectivity index (χ2v) is 6.19. The van der Waals surface area contributed by atoms with Crippen LogP contribution in [0.3, 0.4) is 0 Å². The molecule has 106 valence electrons. The second kappa shape index (κ2) is 7.18. The van der Waals surface area contributed by atoms with Gasteiger partial charge in [-0.15, -0.1) is 11.6 Å². The van der Waals surface area contributed by atoms with E-state index in [2.05, 4.69) is 46.9 Å². The van der Waals surface area contributed by atoms with E-state index in [0.29, 0.717) is 0 Å². The predicted octanol–water partition coefficient (Wildman–Crippen LogP) is 4.83. The van der Waals surface area contributed by atoms with Crippen LogP contribution in [0.1, 0.15) is 16.5 Å². The third-order valence-corrected chi connectivity index (χ3v) is 4.22. The standard InChI is InChI=1S/C16H16ClIO2/c1-19-15-8-3-11(10-16(15)20-2)9-14(17)12-4-6-13(18)7-5-12/h3-8,10,14H,9H2,1-2H3. The van der Waals surface area contributed by atoms with Crippen LogP contribution in [0.4, 0.5) is 0 Å². The van der Waals surface area contributed by atoms with Crippen molar-refractivity contribution in [3.63, 3.8) is 0 Å². The van der Waals surface area contributed by atoms with Gasteiger partial charge < -0.3 is 9.47 Å². The Hall–Kier alpha value is -0.940. The number of methoxy groups -OCH3 is 2. The minimum atomic E-state index is -0.0508. The van der Waals surface area contributed by atoms with Gasteiger partial charge in [-0.25, -0.2) is 0 Å². The summed E-state index contributed by atoms with van der Waals surface area (Å²) < 4.78 is 11.8. The normalized spacial score (nSPS) is 12.0. The number of ether oxygens (including phenoxy) is 2. The Morgan fingerprint density at radius 2 is 1.65 bits per heavy atom. The van der Waals surface area contributed by atoms with Crippen LogP contribution in [0.5, 0.6) is 11.5 Å². The number of hydrogen-bond donors (Lipinski definition) is 0. The molecule has 4 heteroatoms. The van der Waals surface area contributed by atoms with Crippen LogP contribution in [-0.4, -0.2) is 14.2 Å². The summed E-state index contributed by atoms with van der Waals surface area (Å²) in [6, 6.07) is 14.2. The minimum Gasteiger partial charge on any atom is -0.493 e. The van der Waals surface area contributed by atoms with Crippen LogP contribution >= 0.6 is 34.2 Å². The highest BCUT2D eigenvalue weighted by Gasteiger charge is 2.11. The zero-order chi connectivity index (χ0) is 14.5. The van der Waals surface area contributed by atoms with E-state index in [0.717, 1.165) is 29.0 Å². The number of alkyl halides is 1. The molecule has 0 amide bonds. The summed E-state index contributed by atoms with van der Waals surface area (Å²) in [6.07, 6.45) is 0.752. The quantitative estimate of drug-likeness (QED) is 0.527. The molecule has 0 N–H and O–H groups in total. The number of halogens is 2. The first-order valence-corrected chi connectivity index (χ1v) is 7.76. The maximum absolute atomic E-state index is 6.49. The fourth-order valence-corrected chi connectivity index (χ4v) is 2.69. The van der Waals surface area contributed by atoms with Gasteiger partial charge in [0.15, 0.2) is 11.5 Å². The van der Waals surface area contributed by atoms with Gasteiger partial charge in [-0.1, -0.05) is 18.2 Å². The number of benzene rings is 2. The van der Waals surface area contributed by atoms with Crippen molar-refractivity contribution in [2.24, 2.45) is 0 Å². The van der Waals surface area contributed by atoms with Crippen molar-refractivity contribution < 1.29 is 9.47 Å². The molecule has 0 aliphatic rings. The molecular weight excluding hydrogens is 387 g/mol. The second-order valence-electron chi connectivity index (χ2n) is 4.41. The summed E-state index contributed by atoms with van der Waals surface area (Å²) in [5.41, 5.74) is 2.25. The zero-order valence-electron chi connectivity index (χ0n) is 11.4. The van der Waals surface area contributed by atoms with Crippen molar-refractivity contribution in [2.75, 3.05) is 14.2 Å². The lowest BCUT2D eigenvalue weighted by molar-refractivity contribution is 0.354. The molecule has 0 bridgehead atoms. The smallest absolute Gasteiger partial charge is 0.160 e. The van der Waals surface area contributed by atoms with E-state index >= 15 is 0 Å². The van der Waals surface area contributed by atoms with Gasteiger partial charge in [-0.05, 0) is 64.4 Å². The number of hydrogen-bond acceptors (Lipinski definition) is 2. The summed E-state index contributed by atoms with van der Waals surface area (Å²) >= 11 is 8.77. The largest absolute Gasteiger partial charge is 0.493 e. The molecule has 0 spiro atoms. The van der Waals surface area contributed by atoms with Gasteiger partial charge in [-0.3, -0.25) is 0 Å². The van der Waals surface area contributed by atoms with Crippen LogP contribution in [0, 0.1) is 3.57 Å². The van der Waals surface area contributed by atoms with Crippen LogP contribution in [0.2, 0.25) is 0 Å². The highest BCUT2D eigenvalue weighted by molar-refractivity contribution is 14.1. The van der Waals surface area contributed by atoms with Gasteiger partial charge in [0.2, 0.25) is 0 Å². The van der Waals surface area contributed by atoms with E-state index in [1.807, 2.05) is 18.2 Å². The van der Waals surface area contributed by atoms with Gasteiger partial charge in [-0.2, -0.15) is 0 Å². The maximum atomic E-state index is 6.49. The molecule has 1 unspecified atom stereocenters. The van der Waals surface area contributed by atoms with Crippen LogP contribution in [-0.2, 0) is 6.42 Å². The molecule has 2 rings (SSSR count). The highest BCUT2D eigenvalue weighted by Crippen LogP contribution is 2.31. The van der Waals surface area contributed by atoms with E-state index in [9.17, 15) is 0 Å². The molecule has 2 nitrogen and oxygen atoms in total. The SMILES string of the molecule is COc1ccc(CC(Cl)c2ccc(I)cc2)cc1OC. The summed E-state index contributed by atoms with van der Waals surface area (Å²) in [6.45, 7) is 0. The average Bonchev–Trinajstić information content (AvgIpc) is 2.47. The molecule has 2 aromatic carbocycles. The molecule has 0 aliphatic heterocycles. The van der Waals surface area contributed by atoms with Gasteiger partial charge in [0, 0.05) is 3.57 Å². The van der Waals surface area contributed by atoms with Crippen LogP contribution < -0.4 is 9.47 Å². The molecule has 2 aromatic rings. The van der Waals surface area contributed by atoms with Crippen molar-refractivity contribution in [3.8, 4) is 11.5 Å². The molecule has 0 heterocycles. The third kappa shape index (κ3) is 3.79. The number of rotatable bonds is 5. The van der Waals surface area contributed by atoms with Crippen LogP contribution in [0.15, 0.2) is 42.5 Å². The summed E-state index contributed by atoms with van der Waals surface area (Å²) in [4.78, 5) is 0. The molecule has 0 aliphatic carbocycles. The van der Waals surface area contributed by atoms with Crippen LogP contribution in [0.25, 0.3) is 0 Å². The Bertz CT molecular complexity index is 569. The first-order valence-electron chi connectivity index (χ1n) is 6.24. The van der Waals surface area contributed by atoms with E-state index in [1.54, 1.807) is 14.2 Å². The first kappa shape index (κ1) is 15.4. The average molecular weight is 403 g/mol. The Kier molecular flexibility index (Phi) is 5.54. The molecule has 0 aromatic heterocycles. The zero-order valence-corrected chi connectivity index (χ0v) is 14.3. The summed E-state index contributed by atoms with van der Waals surface area (Å²) in [5.74, 6) is 1.47. The Morgan fingerprint density at radius 1 is 1.00 bits per heavy atom. The van der Waals surface area contributed by atoms with Gasteiger partial charge >= 0.3 is 0 Å². The maximum Gasteiger partial charge on any atom is 0.160 e. The van der Waals surface area contributed by atoms with E-state index in [4.69, 9.17) is 21.1 Å². The Labute approximate surface area is 138 Å². The van der Waals surface area contributed by atoms with Crippen molar-refractivity contribution in [1.29, 1.82) is 0 Å². The fraction of sp³-hybridized carbons (Fsp3) is 0.250. The Balaban J connectivity index is 2.15. The molecular formula is C16H16ClIO2. The van der Waals surface area contributed by atoms with Gasteiger partial charge in [0.25, 0.3) is 0 Å². The van der Waals surface area contributed by atoms with E-state index < -0.39 is 0 Å². The van der Waals surface area contributed by atoms with Crippen molar-refractivity contribution >= 4 is 34.2 Å². The van der Waals surface area contributed by atoms with E-state index in [-0.39, 0.29) is 5.38 Å². The first-order chi connectivity index (χ1) is 9.63. The molecule has 0 radical (unpaired) electrons. The van der Waals surface area contributed by atoms with Gasteiger partial charge in [0.05, 0.1) is 19.6 Å². The van der Waals surface area contributed by atoms with Crippen molar-refractivity contribution in [3.05, 3.63) is 57.2 Å². The molecule has 0 saturated heterocycles. The lowest BCUT2D eigenvalue weighted by atomic mass is 10.0. The van der Waals surface area contributed by atoms with Gasteiger partial charge in [0.1, 0.15) is 0 Å². The molecule has 1 atom stereocenters. The minimum absolute atomic E-state index is 0.0508. The molecule has 20 heavy (non-hydrogen) atoms. The molecule has 0 saturated carbocycles. The lowest BCUT2D eigenvalue weighted by Crippen LogP contribution is -1.98. The third-order valence-electron chi connectivity index (χ3n) is 3.09. The Morgan fingerprint density at radius 3 is 2.25 bits per heavy atom. The van der Waals surface area contributed by atoms with Crippen molar-refractivity contribution in [2.45, 2.75) is 11.8 Å². The molecule has 0 fully saturated rings. The summed E-state index contributed by atoms with van der Waals surface area (Å²) in [5, 5.41) is -0.0508. The predicted molar refractivity (Wildman–Crippen MR) is 91.0 cm³/mol. The monoisotopic (exact) mass is 402 g/mol. The van der Waals surface area contributed by atoms with E-state index in [1.165, 1.54) is 3.57 Å².